The standard InChI is InChI=1S/C24H28N4O2S/c1-4-28(15-14-27(2)3)22-12-13-25-24-23(22)20-16-18(10-11-21(20)26-24)17-31(29,30)19-8-6-5-7-9-19/h5-13,16H,4,14-15,17H2,1-3H3,(H,25,26). The number of benzene rings is 2. The van der Waals surface area contributed by atoms with E-state index in [1.807, 2.05) is 36.5 Å². The highest BCUT2D eigenvalue weighted by atomic mass is 32.2. The molecule has 0 saturated carbocycles. The SMILES string of the molecule is CCN(CCN(C)C)c1ccnc2[nH]c3ccc(CS(=O)(=O)c4ccccc4)cc3c12. The second-order valence-electron chi connectivity index (χ2n) is 8.01. The predicted octanol–water partition coefficient (Wildman–Crippen LogP) is 4.08. The Morgan fingerprint density at radius 2 is 1.77 bits per heavy atom. The summed E-state index contributed by atoms with van der Waals surface area (Å²) in [6.45, 7) is 4.87. The summed E-state index contributed by atoms with van der Waals surface area (Å²) in [6.07, 6.45) is 1.83. The number of likely N-dealkylation sites (N-methyl/N-ethyl adjacent to an activating group) is 2. The molecule has 0 amide bonds. The Morgan fingerprint density at radius 1 is 1.00 bits per heavy atom. The average molecular weight is 437 g/mol. The summed E-state index contributed by atoms with van der Waals surface area (Å²) in [4.78, 5) is 12.8. The second kappa shape index (κ2) is 8.69. The maximum atomic E-state index is 12.9. The van der Waals surface area contributed by atoms with Gasteiger partial charge in [0.25, 0.3) is 0 Å². The monoisotopic (exact) mass is 436 g/mol. The molecular formula is C24H28N4O2S. The van der Waals surface area contributed by atoms with Gasteiger partial charge in [0.15, 0.2) is 9.84 Å². The minimum Gasteiger partial charge on any atom is -0.370 e. The first-order chi connectivity index (χ1) is 14.9. The van der Waals surface area contributed by atoms with Gasteiger partial charge in [0.1, 0.15) is 5.65 Å². The number of anilines is 1. The van der Waals surface area contributed by atoms with Crippen molar-refractivity contribution in [2.75, 3.05) is 38.6 Å². The van der Waals surface area contributed by atoms with Crippen LogP contribution in [0.1, 0.15) is 12.5 Å². The zero-order chi connectivity index (χ0) is 22.0. The molecule has 0 unspecified atom stereocenters. The molecule has 0 fully saturated rings. The first-order valence-corrected chi connectivity index (χ1v) is 12.1. The normalized spacial score (nSPS) is 12.1. The van der Waals surface area contributed by atoms with E-state index in [1.165, 1.54) is 0 Å². The number of hydrogen-bond acceptors (Lipinski definition) is 5. The van der Waals surface area contributed by atoms with Crippen LogP contribution in [-0.2, 0) is 15.6 Å². The summed E-state index contributed by atoms with van der Waals surface area (Å²) < 4.78 is 25.8. The highest BCUT2D eigenvalue weighted by Gasteiger charge is 2.18. The maximum Gasteiger partial charge on any atom is 0.182 e. The molecular weight excluding hydrogens is 408 g/mol. The van der Waals surface area contributed by atoms with Gasteiger partial charge in [0.05, 0.1) is 10.6 Å². The number of fused-ring (bicyclic) bond motifs is 3. The molecule has 162 valence electrons. The van der Waals surface area contributed by atoms with Crippen molar-refractivity contribution in [1.82, 2.24) is 14.9 Å². The molecule has 2 heterocycles. The van der Waals surface area contributed by atoms with Crippen molar-refractivity contribution in [3.8, 4) is 0 Å². The number of hydrogen-bond donors (Lipinski definition) is 1. The minimum absolute atomic E-state index is 0.0344. The van der Waals surface area contributed by atoms with Crippen LogP contribution in [0.25, 0.3) is 21.9 Å². The Morgan fingerprint density at radius 3 is 2.48 bits per heavy atom. The number of nitrogens with one attached hydrogen (secondary N) is 1. The minimum atomic E-state index is -3.41. The Bertz CT molecular complexity index is 1300. The zero-order valence-corrected chi connectivity index (χ0v) is 19.0. The lowest BCUT2D eigenvalue weighted by atomic mass is 10.1. The fraction of sp³-hybridized carbons (Fsp3) is 0.292. The van der Waals surface area contributed by atoms with E-state index in [4.69, 9.17) is 0 Å². The van der Waals surface area contributed by atoms with Crippen LogP contribution in [0.5, 0.6) is 0 Å². The Labute approximate surface area is 183 Å². The molecule has 4 aromatic rings. The van der Waals surface area contributed by atoms with E-state index in [2.05, 4.69) is 40.8 Å². The van der Waals surface area contributed by atoms with Gasteiger partial charge < -0.3 is 14.8 Å². The topological polar surface area (TPSA) is 69.3 Å². The van der Waals surface area contributed by atoms with Gasteiger partial charge in [-0.15, -0.1) is 0 Å². The fourth-order valence-electron chi connectivity index (χ4n) is 3.90. The van der Waals surface area contributed by atoms with Crippen molar-refractivity contribution in [1.29, 1.82) is 0 Å². The number of aromatic nitrogens is 2. The third-order valence-corrected chi connectivity index (χ3v) is 7.24. The fourth-order valence-corrected chi connectivity index (χ4v) is 5.26. The summed E-state index contributed by atoms with van der Waals surface area (Å²) in [5.74, 6) is -0.0344. The predicted molar refractivity (Wildman–Crippen MR) is 127 cm³/mol. The first kappa shape index (κ1) is 21.3. The van der Waals surface area contributed by atoms with Crippen LogP contribution in [0.4, 0.5) is 5.69 Å². The summed E-state index contributed by atoms with van der Waals surface area (Å²) >= 11 is 0. The van der Waals surface area contributed by atoms with Gasteiger partial charge in [-0.05, 0) is 56.9 Å². The Kier molecular flexibility index (Phi) is 5.98. The Balaban J connectivity index is 1.77. The molecule has 0 bridgehead atoms. The molecule has 2 aromatic carbocycles. The molecule has 0 radical (unpaired) electrons. The smallest absolute Gasteiger partial charge is 0.182 e. The van der Waals surface area contributed by atoms with Gasteiger partial charge in [-0.2, -0.15) is 0 Å². The van der Waals surface area contributed by atoms with Gasteiger partial charge >= 0.3 is 0 Å². The molecule has 0 aliphatic rings. The van der Waals surface area contributed by atoms with E-state index in [0.717, 1.165) is 52.8 Å². The molecule has 0 aliphatic heterocycles. The highest BCUT2D eigenvalue weighted by molar-refractivity contribution is 7.90. The zero-order valence-electron chi connectivity index (χ0n) is 18.2. The summed E-state index contributed by atoms with van der Waals surface area (Å²) in [5.41, 5.74) is 3.66. The second-order valence-corrected chi connectivity index (χ2v) is 10.0. The van der Waals surface area contributed by atoms with Crippen molar-refractivity contribution in [3.05, 3.63) is 66.4 Å². The van der Waals surface area contributed by atoms with Gasteiger partial charge in [-0.1, -0.05) is 24.3 Å². The quantitative estimate of drug-likeness (QED) is 0.451. The first-order valence-electron chi connectivity index (χ1n) is 10.5. The molecule has 6 nitrogen and oxygen atoms in total. The molecule has 0 atom stereocenters. The lowest BCUT2D eigenvalue weighted by Gasteiger charge is -2.25. The van der Waals surface area contributed by atoms with Crippen molar-refractivity contribution in [3.63, 3.8) is 0 Å². The van der Waals surface area contributed by atoms with Crippen molar-refractivity contribution < 1.29 is 8.42 Å². The highest BCUT2D eigenvalue weighted by Crippen LogP contribution is 2.33. The molecule has 2 aromatic heterocycles. The van der Waals surface area contributed by atoms with Gasteiger partial charge in [-0.25, -0.2) is 13.4 Å². The van der Waals surface area contributed by atoms with E-state index in [9.17, 15) is 8.42 Å². The van der Waals surface area contributed by atoms with Crippen LogP contribution < -0.4 is 4.90 Å². The third-order valence-electron chi connectivity index (χ3n) is 5.53. The number of H-pyrrole nitrogens is 1. The van der Waals surface area contributed by atoms with Gasteiger partial charge in [-0.3, -0.25) is 0 Å². The van der Waals surface area contributed by atoms with Crippen LogP contribution in [0.2, 0.25) is 0 Å². The van der Waals surface area contributed by atoms with E-state index in [-0.39, 0.29) is 5.75 Å². The molecule has 0 saturated heterocycles. The van der Waals surface area contributed by atoms with Crippen molar-refractivity contribution >= 4 is 37.5 Å². The van der Waals surface area contributed by atoms with Crippen LogP contribution in [0, 0.1) is 0 Å². The molecule has 1 N–H and O–H groups in total. The lowest BCUT2D eigenvalue weighted by molar-refractivity contribution is 0.414. The number of rotatable bonds is 8. The molecule has 7 heteroatoms. The van der Waals surface area contributed by atoms with E-state index in [1.54, 1.807) is 24.3 Å². The summed E-state index contributed by atoms with van der Waals surface area (Å²) in [5, 5.41) is 2.04. The molecule has 4 rings (SSSR count). The van der Waals surface area contributed by atoms with Crippen LogP contribution in [-0.4, -0.2) is 57.0 Å². The van der Waals surface area contributed by atoms with Gasteiger partial charge in [0, 0.05) is 47.8 Å². The van der Waals surface area contributed by atoms with E-state index >= 15 is 0 Å². The van der Waals surface area contributed by atoms with Crippen LogP contribution in [0.3, 0.4) is 0 Å². The number of nitrogens with zero attached hydrogens (tertiary/aromatic N) is 3. The van der Waals surface area contributed by atoms with Crippen molar-refractivity contribution in [2.24, 2.45) is 0 Å². The maximum absolute atomic E-state index is 12.9. The van der Waals surface area contributed by atoms with E-state index < -0.39 is 9.84 Å². The number of sulfone groups is 1. The summed E-state index contributed by atoms with van der Waals surface area (Å²) in [6, 6.07) is 16.5. The van der Waals surface area contributed by atoms with Crippen molar-refractivity contribution in [2.45, 2.75) is 17.6 Å². The van der Waals surface area contributed by atoms with Crippen LogP contribution >= 0.6 is 0 Å². The molecule has 0 aliphatic carbocycles. The lowest BCUT2D eigenvalue weighted by Crippen LogP contribution is -2.31. The van der Waals surface area contributed by atoms with Gasteiger partial charge in [0.2, 0.25) is 0 Å². The van der Waals surface area contributed by atoms with Crippen LogP contribution in [0.15, 0.2) is 65.7 Å². The summed E-state index contributed by atoms with van der Waals surface area (Å²) in [7, 11) is 0.732. The number of aromatic amines is 1. The largest absolute Gasteiger partial charge is 0.370 e. The Hall–Kier alpha value is -2.90. The third kappa shape index (κ3) is 4.43. The van der Waals surface area contributed by atoms with E-state index in [0.29, 0.717) is 4.90 Å². The molecule has 0 spiro atoms. The number of pyridine rings is 1. The molecule has 31 heavy (non-hydrogen) atoms. The average Bonchev–Trinajstić information content (AvgIpc) is 3.13.